The van der Waals surface area contributed by atoms with Crippen molar-refractivity contribution in [2.45, 2.75) is 55.4 Å². The van der Waals surface area contributed by atoms with Gasteiger partial charge in [-0.05, 0) is 55.4 Å². The van der Waals surface area contributed by atoms with E-state index >= 15 is 0 Å². The van der Waals surface area contributed by atoms with Gasteiger partial charge in [0.05, 0.1) is 26.3 Å². The van der Waals surface area contributed by atoms with E-state index in [1.165, 1.54) is 44.5 Å². The molecule has 0 heterocycles. The summed E-state index contributed by atoms with van der Waals surface area (Å²) in [5.41, 5.74) is 15.4. The van der Waals surface area contributed by atoms with Crippen molar-refractivity contribution in [3.63, 3.8) is 0 Å². The molecule has 8 aromatic rings. The molecular weight excluding hydrogens is 833 g/mol. The topological polar surface area (TPSA) is 51.6 Å². The Kier molecular flexibility index (Phi) is 22.6. The number of ketones is 2. The smallest absolute Gasteiger partial charge is 0.193 e. The van der Waals surface area contributed by atoms with Gasteiger partial charge in [-0.3, -0.25) is 9.59 Å². The zero-order chi connectivity index (χ0) is 49.8. The number of benzene rings is 8. The molecule has 0 spiro atoms. The highest BCUT2D eigenvalue weighted by atomic mass is 16.1. The zero-order valence-electron chi connectivity index (χ0n) is 40.1. The largest absolute Gasteiger partial charge is 0.289 e. The molecule has 0 aliphatic heterocycles. The van der Waals surface area contributed by atoms with Crippen LogP contribution in [0, 0.1) is 81.7 Å². The first kappa shape index (κ1) is 53.4. The van der Waals surface area contributed by atoms with Gasteiger partial charge in [-0.25, -0.2) is 19.4 Å². The zero-order valence-corrected chi connectivity index (χ0v) is 40.1. The van der Waals surface area contributed by atoms with Gasteiger partial charge in [0.2, 0.25) is 0 Å². The van der Waals surface area contributed by atoms with Crippen molar-refractivity contribution in [1.29, 1.82) is 0 Å². The summed E-state index contributed by atoms with van der Waals surface area (Å²) in [6.07, 6.45) is 0. The Morgan fingerprint density at radius 2 is 0.515 bits per heavy atom. The molecule has 0 saturated heterocycles. The average Bonchev–Trinajstić information content (AvgIpc) is 3.37. The van der Waals surface area contributed by atoms with E-state index in [2.05, 4.69) is 19.4 Å². The molecule has 0 saturated carbocycles. The van der Waals surface area contributed by atoms with Gasteiger partial charge in [0.15, 0.2) is 34.3 Å². The molecule has 8 rings (SSSR count). The van der Waals surface area contributed by atoms with E-state index in [4.69, 9.17) is 26.3 Å². The van der Waals surface area contributed by atoms with Crippen LogP contribution in [-0.4, -0.2) is 11.6 Å². The molecule has 0 atom stereocenters. The molecule has 8 aromatic carbocycles. The molecule has 68 heavy (non-hydrogen) atoms. The van der Waals surface area contributed by atoms with Crippen LogP contribution in [0.3, 0.4) is 0 Å². The summed E-state index contributed by atoms with van der Waals surface area (Å²) in [5.74, 6) is 0.159. The Balaban J connectivity index is 0.000000219. The van der Waals surface area contributed by atoms with Crippen LogP contribution >= 0.6 is 0 Å². The van der Waals surface area contributed by atoms with Crippen molar-refractivity contribution in [1.82, 2.24) is 0 Å². The van der Waals surface area contributed by atoms with E-state index in [0.29, 0.717) is 11.4 Å². The fourth-order valence-corrected chi connectivity index (χ4v) is 5.75. The lowest BCUT2D eigenvalue weighted by Gasteiger charge is -2.00. The summed E-state index contributed by atoms with van der Waals surface area (Å²) in [7, 11) is 0. The minimum atomic E-state index is 0.0793. The first-order valence-corrected chi connectivity index (χ1v) is 21.8. The number of hydrogen-bond acceptors (Lipinski definition) is 2. The molecule has 0 amide bonds. The maximum absolute atomic E-state index is 12.0. The average molecular weight is 889 g/mol. The number of rotatable bonds is 4. The van der Waals surface area contributed by atoms with Crippen LogP contribution in [0.4, 0.5) is 22.7 Å². The third-order valence-corrected chi connectivity index (χ3v) is 10.3. The van der Waals surface area contributed by atoms with Crippen LogP contribution in [0.1, 0.15) is 76.4 Å². The van der Waals surface area contributed by atoms with Crippen molar-refractivity contribution in [3.05, 3.63) is 307 Å². The fourth-order valence-electron chi connectivity index (χ4n) is 5.75. The van der Waals surface area contributed by atoms with Gasteiger partial charge >= 0.3 is 0 Å². The highest BCUT2D eigenvalue weighted by molar-refractivity contribution is 6.09. The summed E-state index contributed by atoms with van der Waals surface area (Å²) in [5, 5.41) is 0. The first-order valence-electron chi connectivity index (χ1n) is 21.8. The van der Waals surface area contributed by atoms with E-state index in [1.807, 2.05) is 250 Å². The lowest BCUT2D eigenvalue weighted by molar-refractivity contribution is 0.103. The summed E-state index contributed by atoms with van der Waals surface area (Å²) in [6.45, 7) is 42.9. The molecule has 6 nitrogen and oxygen atoms in total. The molecule has 0 aromatic heterocycles. The van der Waals surface area contributed by atoms with Crippen LogP contribution < -0.4 is 0 Å². The maximum Gasteiger partial charge on any atom is 0.193 e. The van der Waals surface area contributed by atoms with Crippen molar-refractivity contribution >= 4 is 34.3 Å². The molecular formula is C62H56N4O2. The predicted molar refractivity (Wildman–Crippen MR) is 281 cm³/mol. The van der Waals surface area contributed by atoms with Gasteiger partial charge in [-0.15, -0.1) is 0 Å². The maximum atomic E-state index is 12.0. The summed E-state index contributed by atoms with van der Waals surface area (Å²) in [4.78, 5) is 37.1. The molecule has 0 N–H and O–H groups in total. The molecule has 336 valence electrons. The van der Waals surface area contributed by atoms with E-state index < -0.39 is 0 Å². The Labute approximate surface area is 404 Å². The van der Waals surface area contributed by atoms with Gasteiger partial charge in [0.1, 0.15) is 0 Å². The lowest BCUT2D eigenvalue weighted by Crippen LogP contribution is -2.00. The summed E-state index contributed by atoms with van der Waals surface area (Å²) >= 11 is 0. The number of carbonyl (C=O) groups excluding carboxylic acids is 2. The third-order valence-electron chi connectivity index (χ3n) is 10.3. The minimum Gasteiger partial charge on any atom is -0.289 e. The van der Waals surface area contributed by atoms with Crippen LogP contribution in [-0.2, 0) is 0 Å². The Morgan fingerprint density at radius 1 is 0.279 bits per heavy atom. The van der Waals surface area contributed by atoms with E-state index in [0.717, 1.165) is 33.6 Å². The number of carbonyl (C=O) groups is 2. The molecule has 0 aliphatic rings. The van der Waals surface area contributed by atoms with E-state index in [1.54, 1.807) is 0 Å². The van der Waals surface area contributed by atoms with Crippen LogP contribution in [0.5, 0.6) is 0 Å². The SMILES string of the molecule is Cc1ccc(C(=O)c2ccccc2)cc1.Cc1ccc(C(=O)c2ccccc2)cc1.[C-]#[N+]c1ccc(C)c(C)c1.[C-]#[N+]c1ccc(C)c(C)c1.[C-]#[N+]c1ccc(C)cc1.[C-]#[N+]c1ccc(C)cc1. The van der Waals surface area contributed by atoms with Gasteiger partial charge in [0.25, 0.3) is 0 Å². The second-order valence-electron chi connectivity index (χ2n) is 15.8. The Morgan fingerprint density at radius 3 is 0.765 bits per heavy atom. The fraction of sp³-hybridized carbons (Fsp3) is 0.129. The molecule has 0 fully saturated rings. The monoisotopic (exact) mass is 888 g/mol. The number of nitrogens with zero attached hydrogens (tertiary/aromatic N) is 4. The molecule has 0 radical (unpaired) electrons. The van der Waals surface area contributed by atoms with Crippen LogP contribution in [0.25, 0.3) is 19.4 Å². The van der Waals surface area contributed by atoms with Gasteiger partial charge < -0.3 is 0 Å². The Hall–Kier alpha value is -8.94. The van der Waals surface area contributed by atoms with Crippen LogP contribution in [0.15, 0.2) is 194 Å². The quantitative estimate of drug-likeness (QED) is 0.131. The summed E-state index contributed by atoms with van der Waals surface area (Å²) < 4.78 is 0. The van der Waals surface area contributed by atoms with Crippen LogP contribution in [0.2, 0.25) is 0 Å². The third kappa shape index (κ3) is 19.0. The van der Waals surface area contributed by atoms with E-state index in [9.17, 15) is 9.59 Å². The molecule has 0 unspecified atom stereocenters. The van der Waals surface area contributed by atoms with Crippen molar-refractivity contribution in [2.75, 3.05) is 0 Å². The molecule has 0 bridgehead atoms. The molecule has 6 heteroatoms. The predicted octanol–water partition coefficient (Wildman–Crippen LogP) is 17.3. The minimum absolute atomic E-state index is 0.0793. The van der Waals surface area contributed by atoms with Crippen molar-refractivity contribution in [3.8, 4) is 0 Å². The van der Waals surface area contributed by atoms with Gasteiger partial charge in [-0.2, -0.15) is 0 Å². The number of aryl methyl sites for hydroxylation is 8. The second kappa shape index (κ2) is 28.8. The van der Waals surface area contributed by atoms with Crippen molar-refractivity contribution < 1.29 is 9.59 Å². The standard InChI is InChI=1S/2C14H12O.2C9H9N.2C8H7N/c2*1-11-7-9-13(10-8-11)14(15)12-5-3-2-4-6-12;2*1-7-4-5-9(10-3)6-8(7)2;2*1-7-3-5-8(9-2)6-4-7/h2*2-10H,1H3;2*4-6H,1-2H3;2*3-6H,1H3. The van der Waals surface area contributed by atoms with Gasteiger partial charge in [0, 0.05) is 22.3 Å². The van der Waals surface area contributed by atoms with Gasteiger partial charge in [-0.1, -0.05) is 239 Å². The molecule has 0 aliphatic carbocycles. The van der Waals surface area contributed by atoms with E-state index in [-0.39, 0.29) is 11.6 Å². The second-order valence-corrected chi connectivity index (χ2v) is 15.8. The lowest BCUT2D eigenvalue weighted by atomic mass is 10.0. The number of hydrogen-bond donors (Lipinski definition) is 0. The Bertz CT molecular complexity index is 2790. The van der Waals surface area contributed by atoms with Crippen molar-refractivity contribution in [2.24, 2.45) is 0 Å². The highest BCUT2D eigenvalue weighted by Crippen LogP contribution is 2.18. The highest BCUT2D eigenvalue weighted by Gasteiger charge is 2.08. The summed E-state index contributed by atoms with van der Waals surface area (Å²) in [6, 6.07) is 60.4. The normalized spacial score (nSPS) is 9.24. The first-order chi connectivity index (χ1) is 32.7.